The van der Waals surface area contributed by atoms with Gasteiger partial charge in [-0.2, -0.15) is 0 Å². The first-order valence-electron chi connectivity index (χ1n) is 7.36. The second-order valence-electron chi connectivity index (χ2n) is 5.18. The van der Waals surface area contributed by atoms with E-state index in [1.54, 1.807) is 39.2 Å². The third kappa shape index (κ3) is 4.45. The lowest BCUT2D eigenvalue weighted by molar-refractivity contribution is -0.127. The van der Waals surface area contributed by atoms with Gasteiger partial charge >= 0.3 is 12.0 Å². The lowest BCUT2D eigenvalue weighted by Crippen LogP contribution is -2.38. The Hall–Kier alpha value is -2.61. The van der Waals surface area contributed by atoms with Gasteiger partial charge in [0, 0.05) is 24.5 Å². The molecule has 1 aromatic heterocycles. The van der Waals surface area contributed by atoms with Crippen molar-refractivity contribution in [2.45, 2.75) is 6.92 Å². The van der Waals surface area contributed by atoms with Crippen molar-refractivity contribution in [3.05, 3.63) is 29.1 Å². The molecule has 0 unspecified atom stereocenters. The van der Waals surface area contributed by atoms with Crippen LogP contribution in [0.5, 0.6) is 0 Å². The number of esters is 1. The minimum atomic E-state index is -0.467. The van der Waals surface area contributed by atoms with Gasteiger partial charge < -0.3 is 20.3 Å². The number of benzene rings is 1. The lowest BCUT2D eigenvalue weighted by atomic mass is 10.2. The number of urea groups is 1. The maximum Gasteiger partial charge on any atom is 0.348 e. The number of amides is 3. The smallest absolute Gasteiger partial charge is 0.348 e. The molecular weight excluding hydrogens is 330 g/mol. The van der Waals surface area contributed by atoms with Crippen LogP contribution in [0.1, 0.15) is 16.6 Å². The lowest BCUT2D eigenvalue weighted by Gasteiger charge is -2.11. The Kier molecular flexibility index (Phi) is 5.75. The molecular formula is C16H19N3O4S. The van der Waals surface area contributed by atoms with Gasteiger partial charge in [0.25, 0.3) is 0 Å². The van der Waals surface area contributed by atoms with E-state index in [1.807, 2.05) is 6.07 Å². The monoisotopic (exact) mass is 349 g/mol. The van der Waals surface area contributed by atoms with Crippen molar-refractivity contribution in [2.24, 2.45) is 0 Å². The summed E-state index contributed by atoms with van der Waals surface area (Å²) in [5.74, 6) is -0.550. The van der Waals surface area contributed by atoms with E-state index in [0.717, 1.165) is 10.1 Å². The van der Waals surface area contributed by atoms with E-state index in [1.165, 1.54) is 16.2 Å². The van der Waals surface area contributed by atoms with Gasteiger partial charge in [-0.05, 0) is 36.6 Å². The summed E-state index contributed by atoms with van der Waals surface area (Å²) in [4.78, 5) is 36.9. The molecule has 0 fully saturated rings. The van der Waals surface area contributed by atoms with Crippen LogP contribution < -0.4 is 10.6 Å². The fraction of sp³-hybridized carbons (Fsp3) is 0.312. The first kappa shape index (κ1) is 17.7. The summed E-state index contributed by atoms with van der Waals surface area (Å²) in [6.45, 7) is 2.01. The zero-order valence-electron chi connectivity index (χ0n) is 13.7. The number of carbonyl (C=O) groups is 3. The number of carbonyl (C=O) groups excluding carboxylic acids is 3. The van der Waals surface area contributed by atoms with E-state index in [-0.39, 0.29) is 18.4 Å². The quantitative estimate of drug-likeness (QED) is 0.811. The Morgan fingerprint density at radius 1 is 1.21 bits per heavy atom. The van der Waals surface area contributed by atoms with Crippen molar-refractivity contribution in [1.29, 1.82) is 0 Å². The number of fused-ring (bicyclic) bond motifs is 1. The summed E-state index contributed by atoms with van der Waals surface area (Å²) < 4.78 is 5.90. The van der Waals surface area contributed by atoms with Gasteiger partial charge in [0.05, 0.1) is 13.2 Å². The summed E-state index contributed by atoms with van der Waals surface area (Å²) in [7, 11) is 3.24. The normalized spacial score (nSPS) is 10.3. The molecule has 1 aromatic carbocycles. The first-order valence-corrected chi connectivity index (χ1v) is 8.18. The maximum atomic E-state index is 11.8. The highest BCUT2D eigenvalue weighted by molar-refractivity contribution is 7.20. The summed E-state index contributed by atoms with van der Waals surface area (Å²) in [6.07, 6.45) is 0. The van der Waals surface area contributed by atoms with Gasteiger partial charge in [-0.1, -0.05) is 0 Å². The van der Waals surface area contributed by atoms with Crippen LogP contribution in [-0.2, 0) is 9.53 Å². The number of anilines is 1. The molecule has 2 N–H and O–H groups in total. The van der Waals surface area contributed by atoms with Gasteiger partial charge in [-0.25, -0.2) is 9.59 Å². The molecule has 0 bridgehead atoms. The Morgan fingerprint density at radius 3 is 2.62 bits per heavy atom. The third-order valence-electron chi connectivity index (χ3n) is 3.15. The van der Waals surface area contributed by atoms with Gasteiger partial charge in [-0.3, -0.25) is 4.79 Å². The molecule has 0 spiro atoms. The SMILES string of the molecule is CCOC(=O)c1cc2cc(NC(=O)NCC(=O)N(C)C)ccc2s1. The minimum absolute atomic E-state index is 0.0768. The Balaban J connectivity index is 2.03. The number of nitrogens with one attached hydrogen (secondary N) is 2. The van der Waals surface area contributed by atoms with E-state index >= 15 is 0 Å². The molecule has 0 atom stereocenters. The van der Waals surface area contributed by atoms with Gasteiger partial charge in [0.15, 0.2) is 0 Å². The van der Waals surface area contributed by atoms with E-state index in [4.69, 9.17) is 4.74 Å². The molecule has 1 heterocycles. The van der Waals surface area contributed by atoms with Crippen LogP contribution in [0.15, 0.2) is 24.3 Å². The molecule has 0 radical (unpaired) electrons. The predicted molar refractivity (Wildman–Crippen MR) is 93.5 cm³/mol. The fourth-order valence-corrected chi connectivity index (χ4v) is 2.85. The first-order chi connectivity index (χ1) is 11.4. The second-order valence-corrected chi connectivity index (χ2v) is 6.26. The van der Waals surface area contributed by atoms with Crippen LogP contribution >= 0.6 is 11.3 Å². The average molecular weight is 349 g/mol. The van der Waals surface area contributed by atoms with Gasteiger partial charge in [0.1, 0.15) is 4.88 Å². The molecule has 0 aliphatic rings. The molecule has 24 heavy (non-hydrogen) atoms. The Morgan fingerprint density at radius 2 is 1.96 bits per heavy atom. The van der Waals surface area contributed by atoms with Crippen molar-refractivity contribution in [1.82, 2.24) is 10.2 Å². The number of thiophene rings is 1. The molecule has 2 aromatic rings. The zero-order chi connectivity index (χ0) is 17.7. The predicted octanol–water partition coefficient (Wildman–Crippen LogP) is 2.29. The summed E-state index contributed by atoms with van der Waals surface area (Å²) in [6, 6.07) is 6.59. The summed E-state index contributed by atoms with van der Waals surface area (Å²) >= 11 is 1.34. The van der Waals surface area contributed by atoms with Crippen molar-refractivity contribution < 1.29 is 19.1 Å². The largest absolute Gasteiger partial charge is 0.462 e. The van der Waals surface area contributed by atoms with E-state index in [2.05, 4.69) is 10.6 Å². The van der Waals surface area contributed by atoms with Crippen LogP contribution in [-0.4, -0.2) is 50.1 Å². The van der Waals surface area contributed by atoms with E-state index in [0.29, 0.717) is 17.2 Å². The highest BCUT2D eigenvalue weighted by atomic mass is 32.1. The van der Waals surface area contributed by atoms with Gasteiger partial charge in [0.2, 0.25) is 5.91 Å². The molecule has 7 nitrogen and oxygen atoms in total. The number of likely N-dealkylation sites (N-methyl/N-ethyl adjacent to an activating group) is 1. The highest BCUT2D eigenvalue weighted by Gasteiger charge is 2.12. The van der Waals surface area contributed by atoms with Crippen molar-refractivity contribution in [2.75, 3.05) is 32.6 Å². The fourth-order valence-electron chi connectivity index (χ4n) is 1.91. The van der Waals surface area contributed by atoms with Gasteiger partial charge in [-0.15, -0.1) is 11.3 Å². The Bertz CT molecular complexity index is 770. The number of ether oxygens (including phenoxy) is 1. The molecule has 0 saturated heterocycles. The molecule has 2 rings (SSSR count). The summed E-state index contributed by atoms with van der Waals surface area (Å²) in [5, 5.41) is 5.99. The molecule has 0 saturated carbocycles. The molecule has 128 valence electrons. The van der Waals surface area contributed by atoms with Crippen LogP contribution in [0.2, 0.25) is 0 Å². The van der Waals surface area contributed by atoms with Crippen LogP contribution in [0.25, 0.3) is 10.1 Å². The molecule has 0 aliphatic heterocycles. The third-order valence-corrected chi connectivity index (χ3v) is 4.25. The van der Waals surface area contributed by atoms with Crippen molar-refractivity contribution in [3.63, 3.8) is 0 Å². The number of nitrogens with zero attached hydrogens (tertiary/aromatic N) is 1. The minimum Gasteiger partial charge on any atom is -0.462 e. The van der Waals surface area contributed by atoms with Crippen LogP contribution in [0, 0.1) is 0 Å². The topological polar surface area (TPSA) is 87.7 Å². The molecule has 0 aliphatic carbocycles. The van der Waals surface area contributed by atoms with Crippen LogP contribution in [0.3, 0.4) is 0 Å². The zero-order valence-corrected chi connectivity index (χ0v) is 14.5. The summed E-state index contributed by atoms with van der Waals surface area (Å²) in [5.41, 5.74) is 0.575. The van der Waals surface area contributed by atoms with E-state index < -0.39 is 6.03 Å². The molecule has 3 amide bonds. The second kappa shape index (κ2) is 7.78. The maximum absolute atomic E-state index is 11.8. The standard InChI is InChI=1S/C16H19N3O4S/c1-4-23-15(21)13-8-10-7-11(5-6-12(10)24-13)18-16(22)17-9-14(20)19(2)3/h5-8H,4,9H2,1-3H3,(H2,17,18,22). The Labute approximate surface area is 143 Å². The van der Waals surface area contributed by atoms with Crippen LogP contribution in [0.4, 0.5) is 10.5 Å². The average Bonchev–Trinajstić information content (AvgIpc) is 2.96. The number of hydrogen-bond acceptors (Lipinski definition) is 5. The highest BCUT2D eigenvalue weighted by Crippen LogP contribution is 2.28. The van der Waals surface area contributed by atoms with Crippen molar-refractivity contribution in [3.8, 4) is 0 Å². The molecule has 8 heteroatoms. The number of rotatable bonds is 5. The van der Waals surface area contributed by atoms with E-state index in [9.17, 15) is 14.4 Å². The van der Waals surface area contributed by atoms with Crippen molar-refractivity contribution >= 4 is 45.0 Å². The number of hydrogen-bond donors (Lipinski definition) is 2.